The highest BCUT2D eigenvalue weighted by atomic mass is 19.1. The molecule has 0 saturated heterocycles. The molecule has 0 aliphatic heterocycles. The van der Waals surface area contributed by atoms with Gasteiger partial charge in [-0.05, 0) is 38.7 Å². The topological polar surface area (TPSA) is 68.5 Å². The molecular weight excluding hydrogens is 301 g/mol. The standard InChI is InChI=1S/C17H18FNO4/c1-9-12-4-3-5-13(18)16(12)23-15(9)17(21)22-8-14(20)19-10(2)11-6-7-11/h3-5,10-11H,6-8H2,1-2H3,(H,19,20)/t10-/m1/s1. The maximum Gasteiger partial charge on any atom is 0.375 e. The van der Waals surface area contributed by atoms with Crippen LogP contribution >= 0.6 is 0 Å². The molecule has 0 radical (unpaired) electrons. The number of para-hydroxylation sites is 1. The number of ether oxygens (including phenoxy) is 1. The molecule has 6 heteroatoms. The smallest absolute Gasteiger partial charge is 0.375 e. The average molecular weight is 319 g/mol. The van der Waals surface area contributed by atoms with Gasteiger partial charge in [-0.25, -0.2) is 9.18 Å². The minimum Gasteiger partial charge on any atom is -0.450 e. The zero-order chi connectivity index (χ0) is 16.6. The quantitative estimate of drug-likeness (QED) is 0.860. The van der Waals surface area contributed by atoms with Crippen molar-refractivity contribution in [3.8, 4) is 0 Å². The van der Waals surface area contributed by atoms with Crippen molar-refractivity contribution in [2.24, 2.45) is 5.92 Å². The number of hydrogen-bond donors (Lipinski definition) is 1. The lowest BCUT2D eigenvalue weighted by Gasteiger charge is -2.12. The number of aryl methyl sites for hydroxylation is 1. The molecule has 3 rings (SSSR count). The molecule has 23 heavy (non-hydrogen) atoms. The zero-order valence-electron chi connectivity index (χ0n) is 13.0. The number of esters is 1. The van der Waals surface area contributed by atoms with Crippen molar-refractivity contribution < 1.29 is 23.1 Å². The second kappa shape index (κ2) is 6.02. The van der Waals surface area contributed by atoms with E-state index in [1.807, 2.05) is 6.92 Å². The van der Waals surface area contributed by atoms with E-state index in [-0.39, 0.29) is 29.9 Å². The van der Waals surface area contributed by atoms with Crippen LogP contribution in [0.15, 0.2) is 22.6 Å². The van der Waals surface area contributed by atoms with Gasteiger partial charge in [0.05, 0.1) is 0 Å². The lowest BCUT2D eigenvalue weighted by Crippen LogP contribution is -2.37. The molecule has 0 bridgehead atoms. The summed E-state index contributed by atoms with van der Waals surface area (Å²) >= 11 is 0. The van der Waals surface area contributed by atoms with E-state index in [4.69, 9.17) is 9.15 Å². The summed E-state index contributed by atoms with van der Waals surface area (Å²) in [6.45, 7) is 3.20. The van der Waals surface area contributed by atoms with Crippen molar-refractivity contribution in [2.75, 3.05) is 6.61 Å². The second-order valence-corrected chi connectivity index (χ2v) is 5.94. The van der Waals surface area contributed by atoms with Gasteiger partial charge in [-0.2, -0.15) is 0 Å². The van der Waals surface area contributed by atoms with Gasteiger partial charge in [0.15, 0.2) is 18.0 Å². The summed E-state index contributed by atoms with van der Waals surface area (Å²) in [7, 11) is 0. The van der Waals surface area contributed by atoms with E-state index in [0.29, 0.717) is 16.9 Å². The number of halogens is 1. The summed E-state index contributed by atoms with van der Waals surface area (Å²) in [6, 6.07) is 4.55. The molecule has 1 amide bonds. The van der Waals surface area contributed by atoms with Crippen molar-refractivity contribution in [1.29, 1.82) is 0 Å². The molecule has 1 aromatic heterocycles. The summed E-state index contributed by atoms with van der Waals surface area (Å²) in [4.78, 5) is 23.8. The number of amides is 1. The maximum atomic E-state index is 13.7. The largest absolute Gasteiger partial charge is 0.450 e. The zero-order valence-corrected chi connectivity index (χ0v) is 13.0. The molecule has 1 aliphatic carbocycles. The lowest BCUT2D eigenvalue weighted by molar-refractivity contribution is -0.125. The summed E-state index contributed by atoms with van der Waals surface area (Å²) in [5, 5.41) is 3.31. The lowest BCUT2D eigenvalue weighted by atomic mass is 10.1. The van der Waals surface area contributed by atoms with Crippen LogP contribution in [-0.4, -0.2) is 24.5 Å². The van der Waals surface area contributed by atoms with Crippen LogP contribution < -0.4 is 5.32 Å². The maximum absolute atomic E-state index is 13.7. The fraction of sp³-hybridized carbons (Fsp3) is 0.412. The number of benzene rings is 1. The Hall–Kier alpha value is -2.37. The van der Waals surface area contributed by atoms with Crippen molar-refractivity contribution in [1.82, 2.24) is 5.32 Å². The molecule has 5 nitrogen and oxygen atoms in total. The average Bonchev–Trinajstić information content (AvgIpc) is 3.31. The third kappa shape index (κ3) is 3.21. The van der Waals surface area contributed by atoms with Crippen molar-refractivity contribution in [3.05, 3.63) is 35.3 Å². The Kier molecular flexibility index (Phi) is 4.07. The van der Waals surface area contributed by atoms with E-state index < -0.39 is 11.8 Å². The van der Waals surface area contributed by atoms with Crippen LogP contribution in [-0.2, 0) is 9.53 Å². The van der Waals surface area contributed by atoms with E-state index in [2.05, 4.69) is 5.32 Å². The molecule has 2 aromatic rings. The normalized spacial score (nSPS) is 15.4. The van der Waals surface area contributed by atoms with E-state index in [9.17, 15) is 14.0 Å². The Morgan fingerprint density at radius 3 is 2.83 bits per heavy atom. The van der Waals surface area contributed by atoms with Gasteiger partial charge in [-0.1, -0.05) is 12.1 Å². The number of nitrogens with one attached hydrogen (secondary N) is 1. The predicted octanol–water partition coefficient (Wildman–Crippen LogP) is 2.95. The Morgan fingerprint density at radius 1 is 1.43 bits per heavy atom. The number of rotatable bonds is 5. The van der Waals surface area contributed by atoms with Crippen molar-refractivity contribution in [3.63, 3.8) is 0 Å². The van der Waals surface area contributed by atoms with Crippen LogP contribution in [0.5, 0.6) is 0 Å². The fourth-order valence-electron chi connectivity index (χ4n) is 2.61. The van der Waals surface area contributed by atoms with E-state index >= 15 is 0 Å². The Labute approximate surface area is 132 Å². The predicted molar refractivity (Wildman–Crippen MR) is 81.5 cm³/mol. The molecule has 0 spiro atoms. The molecule has 0 unspecified atom stereocenters. The number of fused-ring (bicyclic) bond motifs is 1. The highest BCUT2D eigenvalue weighted by Crippen LogP contribution is 2.32. The van der Waals surface area contributed by atoms with Gasteiger partial charge < -0.3 is 14.5 Å². The summed E-state index contributed by atoms with van der Waals surface area (Å²) < 4.78 is 23.9. The van der Waals surface area contributed by atoms with Gasteiger partial charge in [-0.3, -0.25) is 4.79 Å². The van der Waals surface area contributed by atoms with Gasteiger partial charge in [0.1, 0.15) is 0 Å². The molecule has 1 aliphatic rings. The van der Waals surface area contributed by atoms with Gasteiger partial charge in [0.2, 0.25) is 5.76 Å². The van der Waals surface area contributed by atoms with E-state index in [1.54, 1.807) is 19.1 Å². The van der Waals surface area contributed by atoms with Crippen LogP contribution in [0.1, 0.15) is 35.9 Å². The van der Waals surface area contributed by atoms with Crippen LogP contribution in [0, 0.1) is 18.7 Å². The Morgan fingerprint density at radius 2 is 2.17 bits per heavy atom. The van der Waals surface area contributed by atoms with Crippen molar-refractivity contribution >= 4 is 22.8 Å². The fourth-order valence-corrected chi connectivity index (χ4v) is 2.61. The summed E-state index contributed by atoms with van der Waals surface area (Å²) in [5.41, 5.74) is 0.514. The number of furan rings is 1. The van der Waals surface area contributed by atoms with Gasteiger partial charge in [-0.15, -0.1) is 0 Å². The van der Waals surface area contributed by atoms with Crippen LogP contribution in [0.3, 0.4) is 0 Å². The minimum atomic E-state index is -0.771. The Balaban J connectivity index is 1.65. The first-order valence-corrected chi connectivity index (χ1v) is 7.61. The second-order valence-electron chi connectivity index (χ2n) is 5.94. The number of carbonyl (C=O) groups is 2. The summed E-state index contributed by atoms with van der Waals surface area (Å²) in [6.07, 6.45) is 2.23. The van der Waals surface area contributed by atoms with Crippen molar-refractivity contribution in [2.45, 2.75) is 32.7 Å². The molecular formula is C17H18FNO4. The molecule has 1 aromatic carbocycles. The van der Waals surface area contributed by atoms with Gasteiger partial charge in [0, 0.05) is 17.0 Å². The monoisotopic (exact) mass is 319 g/mol. The van der Waals surface area contributed by atoms with Gasteiger partial charge in [0.25, 0.3) is 5.91 Å². The summed E-state index contributed by atoms with van der Waals surface area (Å²) in [5.74, 6) is -1.21. The molecule has 122 valence electrons. The molecule has 1 atom stereocenters. The molecule has 1 heterocycles. The minimum absolute atomic E-state index is 0.0174. The van der Waals surface area contributed by atoms with Crippen LogP contribution in [0.4, 0.5) is 4.39 Å². The van der Waals surface area contributed by atoms with Crippen LogP contribution in [0.25, 0.3) is 11.0 Å². The number of hydrogen-bond acceptors (Lipinski definition) is 4. The highest BCUT2D eigenvalue weighted by molar-refractivity contribution is 5.96. The van der Waals surface area contributed by atoms with Gasteiger partial charge >= 0.3 is 5.97 Å². The first-order valence-electron chi connectivity index (χ1n) is 7.61. The molecule has 1 fully saturated rings. The number of carbonyl (C=O) groups excluding carboxylic acids is 2. The first kappa shape index (κ1) is 15.5. The SMILES string of the molecule is Cc1c(C(=O)OCC(=O)N[C@H](C)C2CC2)oc2c(F)cccc12. The Bertz CT molecular complexity index is 763. The first-order chi connectivity index (χ1) is 11.0. The molecule has 1 saturated carbocycles. The molecule has 1 N–H and O–H groups in total. The van der Waals surface area contributed by atoms with E-state index in [1.165, 1.54) is 6.07 Å². The van der Waals surface area contributed by atoms with Crippen LogP contribution in [0.2, 0.25) is 0 Å². The highest BCUT2D eigenvalue weighted by Gasteiger charge is 2.29. The third-order valence-corrected chi connectivity index (χ3v) is 4.15. The van der Waals surface area contributed by atoms with E-state index in [0.717, 1.165) is 12.8 Å². The third-order valence-electron chi connectivity index (χ3n) is 4.15.